The monoisotopic (exact) mass is 1030 g/mol. The van der Waals surface area contributed by atoms with Crippen LogP contribution in [0.3, 0.4) is 0 Å². The zero-order chi connectivity index (χ0) is 54.7. The molecule has 1 aliphatic carbocycles. The fourth-order valence-electron chi connectivity index (χ4n) is 10.7. The second-order valence-electron chi connectivity index (χ2n) is 21.0. The van der Waals surface area contributed by atoms with Crippen molar-refractivity contribution in [1.29, 1.82) is 0 Å². The van der Waals surface area contributed by atoms with Crippen molar-refractivity contribution < 1.29 is 67.5 Å². The molecule has 4 heterocycles. The number of carbonyl (C=O) groups excluding carboxylic acids is 7. The quantitative estimate of drug-likeness (QED) is 0.166. The van der Waals surface area contributed by atoms with E-state index in [1.165, 1.54) is 53.3 Å². The number of ketones is 2. The SMILES string of the molecule is CO[C@H]1/C=C/O[C@@]2(C)Oc3c(C)c(O)c4c(c3C2=O)C2NC3(CCN(CC(C)C)CC3)NC2=C(NC(=O)/C(C)=C\C=C\[C@H](C)[C@H](OC(=O)CN(C)C(=O)CNC(=O)CN)[C@@H](C)[C@@H](O)[C@@H](C)[C@H](OC(C)=O)[C@@H]1C)C4=O. The van der Waals surface area contributed by atoms with Crippen molar-refractivity contribution in [3.63, 3.8) is 0 Å². The Bertz CT molecular complexity index is 2510. The van der Waals surface area contributed by atoms with E-state index in [1.807, 2.05) is 0 Å². The summed E-state index contributed by atoms with van der Waals surface area (Å²) < 4.78 is 30.3. The van der Waals surface area contributed by atoms with Crippen LogP contribution in [-0.4, -0.2) is 151 Å². The first-order valence-corrected chi connectivity index (χ1v) is 25.3. The van der Waals surface area contributed by atoms with Gasteiger partial charge in [-0.2, -0.15) is 0 Å². The number of aromatic hydroxyl groups is 1. The molecule has 74 heavy (non-hydrogen) atoms. The Balaban J connectivity index is 1.44. The average molecular weight is 1030 g/mol. The first-order chi connectivity index (χ1) is 34.8. The fraction of sp³-hybridized carbons (Fsp3) is 0.604. The van der Waals surface area contributed by atoms with Gasteiger partial charge >= 0.3 is 17.7 Å². The number of methoxy groups -OCH3 is 1. The molecule has 1 unspecified atom stereocenters. The fourth-order valence-corrected chi connectivity index (χ4v) is 10.7. The number of aliphatic hydroxyl groups excluding tert-OH is 1. The molecule has 5 bridgehead atoms. The van der Waals surface area contributed by atoms with E-state index in [0.29, 0.717) is 24.5 Å². The highest BCUT2D eigenvalue weighted by atomic mass is 16.7. The number of phenolic OH excluding ortho intramolecular Hbond substituents is 1. The zero-order valence-corrected chi connectivity index (χ0v) is 44.6. The standard InChI is InChI=1S/C53H75N7O14/c1-26(2)24-60-19-17-53(18-20-60)57-41-38-39-45(66)32(8)49-40(38)50(68)52(10,74-49)71-21-16-34(70-12)29(5)48(72-33(9)61)31(7)44(65)30(6)47(73-37(64)25-59(11)36(63)23-55-35(62)22-54)27(3)14-13-15-28(4)51(69)56-43(46(39)67)42(41)58-53/h13-16,21,26-27,29-31,34,41,44,47-48,57-58,65-66H,17-20,22-25,54H2,1-12H3,(H,55,62)(H,56,69)/b14-13+,21-16+,28-15-/t27-,29+,30-,31+,34-,41?,44+,47-,48+,52-/m0/s1. The number of nitrogens with one attached hydrogen (secondary N) is 4. The minimum atomic E-state index is -2.01. The maximum atomic E-state index is 14.9. The predicted octanol–water partition coefficient (Wildman–Crippen LogP) is 2.54. The van der Waals surface area contributed by atoms with E-state index in [-0.39, 0.29) is 45.8 Å². The maximum Gasteiger partial charge on any atom is 0.325 e. The molecule has 5 aliphatic rings. The number of carbonyl (C=O) groups is 7. The van der Waals surface area contributed by atoms with Crippen molar-refractivity contribution >= 4 is 41.2 Å². The van der Waals surface area contributed by atoms with Crippen LogP contribution < -0.4 is 31.7 Å². The number of hydrogen-bond donors (Lipinski definition) is 7. The Morgan fingerprint density at radius 3 is 2.28 bits per heavy atom. The number of hydrogen-bond acceptors (Lipinski definition) is 18. The Labute approximate surface area is 432 Å². The van der Waals surface area contributed by atoms with Crippen LogP contribution in [0, 0.1) is 36.5 Å². The number of Topliss-reactive ketones (excluding diaryl/α,β-unsaturated/α-hetero) is 2. The summed E-state index contributed by atoms with van der Waals surface area (Å²) in [6.45, 7) is 17.9. The van der Waals surface area contributed by atoms with E-state index in [0.717, 1.165) is 24.5 Å². The third kappa shape index (κ3) is 11.9. The van der Waals surface area contributed by atoms with Crippen molar-refractivity contribution in [3.05, 3.63) is 69.8 Å². The number of ether oxygens (including phenoxy) is 5. The van der Waals surface area contributed by atoms with E-state index in [2.05, 4.69) is 40.0 Å². The van der Waals surface area contributed by atoms with Gasteiger partial charge in [0.15, 0.2) is 0 Å². The number of nitrogens with two attached hydrogens (primary N) is 1. The first-order valence-electron chi connectivity index (χ1n) is 25.3. The smallest absolute Gasteiger partial charge is 0.325 e. The van der Waals surface area contributed by atoms with Crippen LogP contribution in [0.5, 0.6) is 11.5 Å². The van der Waals surface area contributed by atoms with Crippen molar-refractivity contribution in [2.45, 2.75) is 124 Å². The molecule has 3 amide bonds. The molecule has 0 radical (unpaired) electrons. The van der Waals surface area contributed by atoms with Crippen molar-refractivity contribution in [3.8, 4) is 11.5 Å². The molecule has 0 aromatic heterocycles. The minimum absolute atomic E-state index is 0.0305. The lowest BCUT2D eigenvalue weighted by atomic mass is 9.78. The van der Waals surface area contributed by atoms with Crippen LogP contribution in [0.15, 0.2) is 47.5 Å². The second-order valence-corrected chi connectivity index (χ2v) is 21.0. The molecule has 1 spiro atoms. The molecule has 10 atom stereocenters. The number of likely N-dealkylation sites (N-methyl/N-ethyl adjacent to an activating group) is 1. The third-order valence-electron chi connectivity index (χ3n) is 14.9. The molecule has 0 saturated carbocycles. The van der Waals surface area contributed by atoms with Crippen molar-refractivity contribution in [2.24, 2.45) is 35.3 Å². The summed E-state index contributed by atoms with van der Waals surface area (Å²) in [7, 11) is 2.79. The van der Waals surface area contributed by atoms with Crippen molar-refractivity contribution in [2.75, 3.05) is 53.4 Å². The Kier molecular flexibility index (Phi) is 17.9. The molecule has 1 aromatic rings. The number of esters is 2. The largest absolute Gasteiger partial charge is 0.507 e. The number of piperidine rings is 1. The highest BCUT2D eigenvalue weighted by Gasteiger charge is 2.56. The Morgan fingerprint density at radius 1 is 1.00 bits per heavy atom. The summed E-state index contributed by atoms with van der Waals surface area (Å²) >= 11 is 0. The molecule has 4 aliphatic heterocycles. The Hall–Kier alpha value is -6.13. The topological polar surface area (TPSA) is 287 Å². The molecule has 406 valence electrons. The number of nitrogens with zero attached hydrogens (tertiary/aromatic N) is 2. The average Bonchev–Trinajstić information content (AvgIpc) is 3.85. The highest BCUT2D eigenvalue weighted by Crippen LogP contribution is 2.53. The summed E-state index contributed by atoms with van der Waals surface area (Å²) in [6, 6.07) is -0.887. The van der Waals surface area contributed by atoms with Gasteiger partial charge in [-0.1, -0.05) is 59.8 Å². The number of likely N-dealkylation sites (tertiary alicyclic amines) is 1. The van der Waals surface area contributed by atoms with Gasteiger partial charge in [0.1, 0.15) is 35.9 Å². The molecule has 6 rings (SSSR count). The van der Waals surface area contributed by atoms with E-state index < -0.39 is 126 Å². The number of allylic oxidation sites excluding steroid dienone is 3. The molecule has 21 nitrogen and oxygen atoms in total. The van der Waals surface area contributed by atoms with Crippen LogP contribution >= 0.6 is 0 Å². The number of aliphatic hydroxyl groups is 1. The van der Waals surface area contributed by atoms with Gasteiger partial charge in [0.2, 0.25) is 17.6 Å². The van der Waals surface area contributed by atoms with E-state index >= 15 is 0 Å². The second kappa shape index (κ2) is 23.2. The van der Waals surface area contributed by atoms with Gasteiger partial charge in [-0.25, -0.2) is 0 Å². The summed E-state index contributed by atoms with van der Waals surface area (Å²) in [5.41, 5.74) is 5.14. The van der Waals surface area contributed by atoms with Gasteiger partial charge in [0, 0.05) is 88.0 Å². The number of rotatable bonds is 10. The first kappa shape index (κ1) is 57.2. The molecule has 8 N–H and O–H groups in total. The van der Waals surface area contributed by atoms with Crippen molar-refractivity contribution in [1.82, 2.24) is 31.1 Å². The Morgan fingerprint density at radius 2 is 1.66 bits per heavy atom. The maximum absolute atomic E-state index is 14.9. The van der Waals surface area contributed by atoms with E-state index in [1.54, 1.807) is 46.8 Å². The molecular formula is C53H75N7O14. The summed E-state index contributed by atoms with van der Waals surface area (Å²) in [6.07, 6.45) is 4.44. The number of phenols is 1. The number of amides is 3. The van der Waals surface area contributed by atoms with Gasteiger partial charge in [0.05, 0.1) is 60.1 Å². The van der Waals surface area contributed by atoms with E-state index in [9.17, 15) is 43.8 Å². The summed E-state index contributed by atoms with van der Waals surface area (Å²) in [4.78, 5) is 98.3. The molecular weight excluding hydrogens is 959 g/mol. The summed E-state index contributed by atoms with van der Waals surface area (Å²) in [5, 5.41) is 36.6. The molecule has 2 fully saturated rings. The van der Waals surface area contributed by atoms with Crippen LogP contribution in [0.4, 0.5) is 0 Å². The van der Waals surface area contributed by atoms with Gasteiger partial charge in [-0.3, -0.25) is 38.9 Å². The lowest BCUT2D eigenvalue weighted by molar-refractivity contribution is -0.166. The molecule has 21 heteroatoms. The van der Waals surface area contributed by atoms with Crippen LogP contribution in [-0.2, 0) is 42.9 Å². The number of fused-ring (bicyclic) bond motifs is 3. The van der Waals surface area contributed by atoms with Crippen LogP contribution in [0.2, 0.25) is 0 Å². The highest BCUT2D eigenvalue weighted by molar-refractivity contribution is 6.19. The third-order valence-corrected chi connectivity index (χ3v) is 14.9. The summed E-state index contributed by atoms with van der Waals surface area (Å²) in [5.74, 6) is -9.64. The lowest BCUT2D eigenvalue weighted by Crippen LogP contribution is -2.56. The zero-order valence-electron chi connectivity index (χ0n) is 44.6. The molecule has 2 saturated heterocycles. The molecule has 1 aromatic carbocycles. The minimum Gasteiger partial charge on any atom is -0.507 e. The van der Waals surface area contributed by atoms with Crippen LogP contribution in [0.25, 0.3) is 0 Å². The van der Waals surface area contributed by atoms with Gasteiger partial charge in [0.25, 0.3) is 11.7 Å². The normalized spacial score (nSPS) is 30.8. The van der Waals surface area contributed by atoms with Crippen LogP contribution in [0.1, 0.15) is 113 Å². The van der Waals surface area contributed by atoms with E-state index in [4.69, 9.17) is 29.4 Å². The van der Waals surface area contributed by atoms with Gasteiger partial charge in [-0.15, -0.1) is 0 Å². The van der Waals surface area contributed by atoms with Gasteiger partial charge in [-0.05, 0) is 38.7 Å². The van der Waals surface area contributed by atoms with Gasteiger partial charge < -0.3 is 65.4 Å². The number of benzene rings is 1. The predicted molar refractivity (Wildman–Crippen MR) is 270 cm³/mol. The lowest BCUT2D eigenvalue weighted by Gasteiger charge is -2.40.